The van der Waals surface area contributed by atoms with Crippen LogP contribution in [0.2, 0.25) is 0 Å². The second-order valence-corrected chi connectivity index (χ2v) is 23.6. The van der Waals surface area contributed by atoms with E-state index >= 15 is 0 Å². The summed E-state index contributed by atoms with van der Waals surface area (Å²) in [6.45, 7) is 0. The van der Waals surface area contributed by atoms with Crippen LogP contribution in [-0.4, -0.2) is 0 Å². The Morgan fingerprint density at radius 3 is 0.779 bits per heavy atom. The minimum absolute atomic E-state index is 1.25. The molecule has 0 atom stereocenters. The van der Waals surface area contributed by atoms with E-state index in [1.807, 2.05) is 68.0 Å². The van der Waals surface area contributed by atoms with Gasteiger partial charge < -0.3 is 0 Å². The Labute approximate surface area is 415 Å². The first-order valence-corrected chi connectivity index (χ1v) is 27.7. The molecule has 318 valence electrons. The number of hydrogen-bond donors (Lipinski definition) is 0. The van der Waals surface area contributed by atoms with Crippen molar-refractivity contribution in [1.29, 1.82) is 0 Å². The van der Waals surface area contributed by atoms with Gasteiger partial charge in [0.05, 0.1) is 18.8 Å². The van der Waals surface area contributed by atoms with E-state index in [4.69, 9.17) is 0 Å². The summed E-state index contributed by atoms with van der Waals surface area (Å²) in [5.41, 5.74) is 15.2. The zero-order chi connectivity index (χ0) is 44.5. The van der Waals surface area contributed by atoms with Crippen LogP contribution in [0.5, 0.6) is 0 Å². The summed E-state index contributed by atoms with van der Waals surface area (Å²) >= 11 is 11.3. The van der Waals surface area contributed by atoms with E-state index in [9.17, 15) is 0 Å². The summed E-state index contributed by atoms with van der Waals surface area (Å²) in [6.07, 6.45) is 0. The van der Waals surface area contributed by atoms with Crippen molar-refractivity contribution >= 4 is 147 Å². The van der Waals surface area contributed by atoms with Gasteiger partial charge in [-0.15, -0.1) is 68.0 Å². The Kier molecular flexibility index (Phi) is 8.89. The Morgan fingerprint density at radius 1 is 0.206 bits per heavy atom. The molecule has 9 aromatic carbocycles. The van der Waals surface area contributed by atoms with Gasteiger partial charge in [-0.2, -0.15) is 0 Å². The van der Waals surface area contributed by atoms with Crippen LogP contribution in [0, 0.1) is 0 Å². The number of benzene rings is 9. The van der Waals surface area contributed by atoms with Crippen LogP contribution in [0.1, 0.15) is 0 Å². The molecule has 0 aliphatic carbocycles. The van der Waals surface area contributed by atoms with Crippen LogP contribution in [-0.2, 0) is 0 Å². The molecule has 0 nitrogen and oxygen atoms in total. The summed E-state index contributed by atoms with van der Waals surface area (Å²) < 4.78 is 13.6. The number of thiophene rings is 6. The standard InChI is InChI=1S/C62H34S6/c1-3-7-53-45(5-1)51(33-63-53)39-17-13-37(14-18-39)43-23-27-49-57(31-43)67-59-47-25-21-41(29-55(47)65-61(49)59)35-9-11-36(12-10-35)42-22-26-48-56(30-42)66-62-50-28-24-44(32-58(50)68-60(48)62)38-15-19-40(20-16-38)52-34-64-54-8-4-2-6-46(52)54/h1-34H. The highest BCUT2D eigenvalue weighted by molar-refractivity contribution is 7.37. The van der Waals surface area contributed by atoms with E-state index in [1.165, 1.54) is 146 Å². The third-order valence-corrected chi connectivity index (χ3v) is 20.7. The smallest absolute Gasteiger partial charge is 0.0542 e. The quantitative estimate of drug-likeness (QED) is 0.156. The maximum absolute atomic E-state index is 2.39. The van der Waals surface area contributed by atoms with Crippen LogP contribution in [0.15, 0.2) is 205 Å². The number of hydrogen-bond acceptors (Lipinski definition) is 6. The molecule has 15 rings (SSSR count). The predicted octanol–water partition coefficient (Wildman–Crippen LogP) is 21.3. The van der Waals surface area contributed by atoms with Gasteiger partial charge in [-0.1, -0.05) is 158 Å². The molecule has 6 heteroatoms. The highest BCUT2D eigenvalue weighted by atomic mass is 32.1. The second-order valence-electron chi connectivity index (χ2n) is 17.6. The molecule has 15 aromatic rings. The monoisotopic (exact) mass is 970 g/mol. The molecule has 0 amide bonds. The van der Waals surface area contributed by atoms with Crippen LogP contribution >= 0.6 is 68.0 Å². The van der Waals surface area contributed by atoms with Crippen LogP contribution in [0.25, 0.3) is 146 Å². The van der Waals surface area contributed by atoms with Gasteiger partial charge in [-0.25, -0.2) is 0 Å². The molecule has 0 bridgehead atoms. The lowest BCUT2D eigenvalue weighted by atomic mass is 9.99. The lowest BCUT2D eigenvalue weighted by Crippen LogP contribution is -1.80. The average molecular weight is 971 g/mol. The fourth-order valence-electron chi connectivity index (χ4n) is 10.2. The second kappa shape index (κ2) is 15.4. The van der Waals surface area contributed by atoms with Gasteiger partial charge in [-0.05, 0) is 103 Å². The molecule has 0 saturated heterocycles. The van der Waals surface area contributed by atoms with Crippen molar-refractivity contribution in [2.45, 2.75) is 0 Å². The van der Waals surface area contributed by atoms with Crippen molar-refractivity contribution in [2.75, 3.05) is 0 Å². The minimum atomic E-state index is 1.25. The molecule has 0 unspecified atom stereocenters. The zero-order valence-electron chi connectivity index (χ0n) is 36.1. The number of fused-ring (bicyclic) bond motifs is 12. The van der Waals surface area contributed by atoms with E-state index in [0.29, 0.717) is 0 Å². The van der Waals surface area contributed by atoms with Crippen molar-refractivity contribution in [3.05, 3.63) is 205 Å². The summed E-state index contributed by atoms with van der Waals surface area (Å²) in [5.74, 6) is 0. The highest BCUT2D eigenvalue weighted by Crippen LogP contribution is 2.48. The van der Waals surface area contributed by atoms with Gasteiger partial charge >= 0.3 is 0 Å². The van der Waals surface area contributed by atoms with Gasteiger partial charge in [0.15, 0.2) is 0 Å². The molecular formula is C62H34S6. The van der Waals surface area contributed by atoms with E-state index in [1.54, 1.807) is 0 Å². The van der Waals surface area contributed by atoms with Gasteiger partial charge in [0, 0.05) is 71.6 Å². The molecule has 0 saturated carbocycles. The maximum Gasteiger partial charge on any atom is 0.0542 e. The third kappa shape index (κ3) is 6.26. The molecule has 0 radical (unpaired) electrons. The Bertz CT molecular complexity index is 4180. The minimum Gasteiger partial charge on any atom is -0.143 e. The molecular weight excluding hydrogens is 937 g/mol. The SMILES string of the molecule is c1ccc2c(-c3ccc(-c4ccc5c(c4)sc4c6ccc(-c7ccc(-c8ccc9c(c8)sc8c%10ccc(-c%11ccc(-c%12csc%13ccccc%12%13)cc%11)cc%10sc98)cc7)cc6sc54)cc3)csc2c1. The number of rotatable bonds is 6. The fourth-order valence-corrected chi connectivity index (χ4v) is 17.6. The Hall–Kier alpha value is -6.74. The lowest BCUT2D eigenvalue weighted by molar-refractivity contribution is 1.63. The Morgan fingerprint density at radius 2 is 0.471 bits per heavy atom. The van der Waals surface area contributed by atoms with E-state index in [-0.39, 0.29) is 0 Å². The third-order valence-electron chi connectivity index (χ3n) is 13.7. The summed E-state index contributed by atoms with van der Waals surface area (Å²) in [4.78, 5) is 0. The van der Waals surface area contributed by atoms with Crippen molar-refractivity contribution in [3.8, 4) is 66.8 Å². The van der Waals surface area contributed by atoms with Crippen LogP contribution < -0.4 is 0 Å². The largest absolute Gasteiger partial charge is 0.143 e. The molecule has 0 spiro atoms. The van der Waals surface area contributed by atoms with E-state index < -0.39 is 0 Å². The van der Waals surface area contributed by atoms with Crippen molar-refractivity contribution in [2.24, 2.45) is 0 Å². The van der Waals surface area contributed by atoms with Crippen molar-refractivity contribution in [1.82, 2.24) is 0 Å². The summed E-state index contributed by atoms with van der Waals surface area (Å²) in [5, 5.41) is 12.6. The fraction of sp³-hybridized carbons (Fsp3) is 0. The maximum atomic E-state index is 2.39. The van der Waals surface area contributed by atoms with E-state index in [0.717, 1.165) is 0 Å². The van der Waals surface area contributed by atoms with Crippen molar-refractivity contribution < 1.29 is 0 Å². The molecule has 6 aromatic heterocycles. The van der Waals surface area contributed by atoms with Crippen molar-refractivity contribution in [3.63, 3.8) is 0 Å². The first-order chi connectivity index (χ1) is 33.6. The Balaban J connectivity index is 0.674. The van der Waals surface area contributed by atoms with Gasteiger partial charge in [0.25, 0.3) is 0 Å². The molecule has 68 heavy (non-hydrogen) atoms. The van der Waals surface area contributed by atoms with Crippen LogP contribution in [0.3, 0.4) is 0 Å². The normalized spacial score (nSPS) is 12.1. The summed E-state index contributed by atoms with van der Waals surface area (Å²) in [6, 6.07) is 72.8. The molecule has 0 aliphatic rings. The van der Waals surface area contributed by atoms with Gasteiger partial charge in [0.1, 0.15) is 0 Å². The first kappa shape index (κ1) is 39.3. The molecule has 0 fully saturated rings. The predicted molar refractivity (Wildman–Crippen MR) is 306 cm³/mol. The lowest BCUT2D eigenvalue weighted by Gasteiger charge is -2.06. The molecule has 0 aliphatic heterocycles. The molecule has 6 heterocycles. The topological polar surface area (TPSA) is 0 Å². The van der Waals surface area contributed by atoms with E-state index in [2.05, 4.69) is 205 Å². The van der Waals surface area contributed by atoms with Gasteiger partial charge in [-0.3, -0.25) is 0 Å². The summed E-state index contributed by atoms with van der Waals surface area (Å²) in [7, 11) is 0. The van der Waals surface area contributed by atoms with Gasteiger partial charge in [0.2, 0.25) is 0 Å². The first-order valence-electron chi connectivity index (χ1n) is 22.7. The highest BCUT2D eigenvalue weighted by Gasteiger charge is 2.17. The van der Waals surface area contributed by atoms with Crippen LogP contribution in [0.4, 0.5) is 0 Å². The zero-order valence-corrected chi connectivity index (χ0v) is 41.0. The molecule has 0 N–H and O–H groups in total. The average Bonchev–Trinajstić information content (AvgIpc) is 4.26.